The lowest BCUT2D eigenvalue weighted by molar-refractivity contribution is -0.384. The Morgan fingerprint density at radius 3 is 2.85 bits per heavy atom. The van der Waals surface area contributed by atoms with E-state index in [1.807, 2.05) is 0 Å². The van der Waals surface area contributed by atoms with Crippen molar-refractivity contribution >= 4 is 5.69 Å². The first kappa shape index (κ1) is 14.6. The van der Waals surface area contributed by atoms with Crippen LogP contribution in [0.4, 0.5) is 5.69 Å². The Labute approximate surface area is 118 Å². The van der Waals surface area contributed by atoms with E-state index >= 15 is 0 Å². The summed E-state index contributed by atoms with van der Waals surface area (Å²) in [5, 5.41) is 14.1. The molecule has 20 heavy (non-hydrogen) atoms. The Balaban J connectivity index is 1.74. The van der Waals surface area contributed by atoms with Crippen LogP contribution in [0.5, 0.6) is 11.5 Å². The molecule has 110 valence electrons. The lowest BCUT2D eigenvalue weighted by Crippen LogP contribution is -2.19. The number of nitrogens with one attached hydrogen (secondary N) is 1. The topological polar surface area (TPSA) is 73.6 Å². The summed E-state index contributed by atoms with van der Waals surface area (Å²) in [5.74, 6) is 1.82. The van der Waals surface area contributed by atoms with Gasteiger partial charge in [-0.3, -0.25) is 10.1 Å². The van der Waals surface area contributed by atoms with Crippen LogP contribution in [0.25, 0.3) is 0 Å². The molecule has 0 saturated heterocycles. The number of hydrogen-bond donors (Lipinski definition) is 1. The summed E-state index contributed by atoms with van der Waals surface area (Å²) in [5.41, 5.74) is 0.000278. The molecule has 0 amide bonds. The number of ether oxygens (including phenoxy) is 2. The highest BCUT2D eigenvalue weighted by Gasteiger charge is 2.19. The van der Waals surface area contributed by atoms with E-state index in [1.165, 1.54) is 32.1 Å². The van der Waals surface area contributed by atoms with Gasteiger partial charge in [-0.15, -0.1) is 0 Å². The van der Waals surface area contributed by atoms with E-state index in [4.69, 9.17) is 9.47 Å². The van der Waals surface area contributed by atoms with Crippen molar-refractivity contribution in [1.82, 2.24) is 5.32 Å². The van der Waals surface area contributed by atoms with Gasteiger partial charge in [0.05, 0.1) is 24.7 Å². The standard InChI is InChI=1S/C14H20N2O4/c1-19-14-9-12(16(17)18)5-6-13(14)20-8-2-7-15-10-11-3-4-11/h5-6,9,11,15H,2-4,7-8,10H2,1H3. The summed E-state index contributed by atoms with van der Waals surface area (Å²) >= 11 is 0. The molecule has 1 fully saturated rings. The molecule has 0 spiro atoms. The average molecular weight is 280 g/mol. The zero-order valence-electron chi connectivity index (χ0n) is 11.6. The number of nitro groups is 1. The number of nitrogens with zero attached hydrogens (tertiary/aromatic N) is 1. The first-order chi connectivity index (χ1) is 9.70. The average Bonchev–Trinajstić information content (AvgIpc) is 3.26. The summed E-state index contributed by atoms with van der Waals surface area (Å²) in [7, 11) is 1.48. The molecule has 0 heterocycles. The van der Waals surface area contributed by atoms with Crippen LogP contribution in [-0.4, -0.2) is 31.7 Å². The van der Waals surface area contributed by atoms with Gasteiger partial charge in [0.25, 0.3) is 5.69 Å². The molecule has 1 N–H and O–H groups in total. The first-order valence-corrected chi connectivity index (χ1v) is 6.86. The molecule has 0 aromatic heterocycles. The fourth-order valence-corrected chi connectivity index (χ4v) is 1.90. The van der Waals surface area contributed by atoms with Crippen molar-refractivity contribution < 1.29 is 14.4 Å². The molecule has 6 heteroatoms. The van der Waals surface area contributed by atoms with Crippen LogP contribution in [0, 0.1) is 16.0 Å². The van der Waals surface area contributed by atoms with E-state index in [2.05, 4.69) is 5.32 Å². The normalized spacial score (nSPS) is 14.1. The van der Waals surface area contributed by atoms with Gasteiger partial charge in [0.15, 0.2) is 11.5 Å². The zero-order chi connectivity index (χ0) is 14.4. The van der Waals surface area contributed by atoms with Crippen LogP contribution in [0.1, 0.15) is 19.3 Å². The van der Waals surface area contributed by atoms with Crippen molar-refractivity contribution in [2.45, 2.75) is 19.3 Å². The maximum Gasteiger partial charge on any atom is 0.273 e. The Kier molecular flexibility index (Phi) is 5.17. The van der Waals surface area contributed by atoms with E-state index in [0.29, 0.717) is 18.1 Å². The van der Waals surface area contributed by atoms with Crippen molar-refractivity contribution in [2.75, 3.05) is 26.8 Å². The van der Waals surface area contributed by atoms with Crippen molar-refractivity contribution in [3.8, 4) is 11.5 Å². The van der Waals surface area contributed by atoms with Crippen molar-refractivity contribution in [3.05, 3.63) is 28.3 Å². The Hall–Kier alpha value is -1.82. The van der Waals surface area contributed by atoms with Gasteiger partial charge in [0.1, 0.15) is 0 Å². The smallest absolute Gasteiger partial charge is 0.273 e. The fraction of sp³-hybridized carbons (Fsp3) is 0.571. The Morgan fingerprint density at radius 2 is 2.20 bits per heavy atom. The third kappa shape index (κ3) is 4.38. The lowest BCUT2D eigenvalue weighted by Gasteiger charge is -2.10. The molecule has 2 rings (SSSR count). The predicted molar refractivity (Wildman–Crippen MR) is 75.4 cm³/mol. The molecule has 1 aromatic rings. The molecule has 1 aliphatic carbocycles. The molecule has 0 aliphatic heterocycles. The quantitative estimate of drug-likeness (QED) is 0.427. The summed E-state index contributed by atoms with van der Waals surface area (Å²) in [6, 6.07) is 4.37. The SMILES string of the molecule is COc1cc([N+](=O)[O-])ccc1OCCCNCC1CC1. The summed E-state index contributed by atoms with van der Waals surface area (Å²) in [6.45, 7) is 2.58. The first-order valence-electron chi connectivity index (χ1n) is 6.86. The number of benzene rings is 1. The number of rotatable bonds is 9. The van der Waals surface area contributed by atoms with E-state index in [-0.39, 0.29) is 5.69 Å². The minimum Gasteiger partial charge on any atom is -0.493 e. The van der Waals surface area contributed by atoms with Gasteiger partial charge >= 0.3 is 0 Å². The van der Waals surface area contributed by atoms with Crippen LogP contribution in [0.15, 0.2) is 18.2 Å². The van der Waals surface area contributed by atoms with E-state index in [9.17, 15) is 10.1 Å². The fourth-order valence-electron chi connectivity index (χ4n) is 1.90. The predicted octanol–water partition coefficient (Wildman–Crippen LogP) is 2.37. The highest BCUT2D eigenvalue weighted by Crippen LogP contribution is 2.31. The highest BCUT2D eigenvalue weighted by molar-refractivity contribution is 5.48. The van der Waals surface area contributed by atoms with E-state index < -0.39 is 4.92 Å². The number of hydrogen-bond acceptors (Lipinski definition) is 5. The molecule has 1 saturated carbocycles. The van der Waals surface area contributed by atoms with Crippen LogP contribution >= 0.6 is 0 Å². The van der Waals surface area contributed by atoms with E-state index in [1.54, 1.807) is 6.07 Å². The van der Waals surface area contributed by atoms with E-state index in [0.717, 1.165) is 25.4 Å². The number of non-ortho nitro benzene ring substituents is 1. The van der Waals surface area contributed by atoms with Gasteiger partial charge in [-0.2, -0.15) is 0 Å². The van der Waals surface area contributed by atoms with Gasteiger partial charge in [-0.1, -0.05) is 0 Å². The molecule has 0 bridgehead atoms. The van der Waals surface area contributed by atoms with Crippen molar-refractivity contribution in [1.29, 1.82) is 0 Å². The monoisotopic (exact) mass is 280 g/mol. The van der Waals surface area contributed by atoms with Gasteiger partial charge in [-0.05, 0) is 44.3 Å². The second-order valence-corrected chi connectivity index (χ2v) is 4.94. The summed E-state index contributed by atoms with van der Waals surface area (Å²) in [6.07, 6.45) is 3.60. The largest absolute Gasteiger partial charge is 0.493 e. The van der Waals surface area contributed by atoms with Crippen LogP contribution < -0.4 is 14.8 Å². The minimum absolute atomic E-state index is 0.000278. The summed E-state index contributed by atoms with van der Waals surface area (Å²) in [4.78, 5) is 10.2. The Morgan fingerprint density at radius 1 is 1.40 bits per heavy atom. The summed E-state index contributed by atoms with van der Waals surface area (Å²) < 4.78 is 10.7. The molecule has 0 atom stereocenters. The molecule has 0 radical (unpaired) electrons. The molecule has 6 nitrogen and oxygen atoms in total. The number of methoxy groups -OCH3 is 1. The second kappa shape index (κ2) is 7.09. The van der Waals surface area contributed by atoms with Crippen molar-refractivity contribution in [3.63, 3.8) is 0 Å². The Bertz CT molecular complexity index is 460. The minimum atomic E-state index is -0.450. The molecule has 0 unspecified atom stereocenters. The third-order valence-electron chi connectivity index (χ3n) is 3.24. The number of nitro benzene ring substituents is 1. The third-order valence-corrected chi connectivity index (χ3v) is 3.24. The van der Waals surface area contributed by atoms with Crippen molar-refractivity contribution in [2.24, 2.45) is 5.92 Å². The van der Waals surface area contributed by atoms with Gasteiger partial charge in [0, 0.05) is 6.07 Å². The maximum atomic E-state index is 10.7. The van der Waals surface area contributed by atoms with Gasteiger partial charge < -0.3 is 14.8 Å². The zero-order valence-corrected chi connectivity index (χ0v) is 11.6. The lowest BCUT2D eigenvalue weighted by atomic mass is 10.3. The highest BCUT2D eigenvalue weighted by atomic mass is 16.6. The van der Waals surface area contributed by atoms with Crippen LogP contribution in [0.2, 0.25) is 0 Å². The van der Waals surface area contributed by atoms with Crippen LogP contribution in [-0.2, 0) is 0 Å². The second-order valence-electron chi connectivity index (χ2n) is 4.94. The molecular formula is C14H20N2O4. The maximum absolute atomic E-state index is 10.7. The van der Waals surface area contributed by atoms with Gasteiger partial charge in [-0.25, -0.2) is 0 Å². The van der Waals surface area contributed by atoms with Gasteiger partial charge in [0.2, 0.25) is 0 Å². The molecule has 1 aliphatic rings. The van der Waals surface area contributed by atoms with Crippen LogP contribution in [0.3, 0.4) is 0 Å². The molecular weight excluding hydrogens is 260 g/mol. The molecule has 1 aromatic carbocycles.